The molecule has 9 heteroatoms. The van der Waals surface area contributed by atoms with Crippen LogP contribution in [0.15, 0.2) is 72.8 Å². The summed E-state index contributed by atoms with van der Waals surface area (Å²) in [4.78, 5) is 25.5. The molecule has 0 aromatic heterocycles. The van der Waals surface area contributed by atoms with Crippen LogP contribution in [-0.4, -0.2) is 32.9 Å². The minimum absolute atomic E-state index is 0.0567. The second-order valence-electron chi connectivity index (χ2n) is 7.35. The average Bonchev–Trinajstić information content (AvgIpc) is 2.78. The minimum Gasteiger partial charge on any atom is -0.325 e. The number of hydrogen-bond acceptors (Lipinski definition) is 4. The van der Waals surface area contributed by atoms with Crippen LogP contribution in [0.3, 0.4) is 0 Å². The summed E-state index contributed by atoms with van der Waals surface area (Å²) in [5.74, 6) is -0.608. The zero-order valence-corrected chi connectivity index (χ0v) is 20.1. The molecule has 0 radical (unpaired) electrons. The van der Waals surface area contributed by atoms with E-state index in [9.17, 15) is 18.0 Å². The number of sulfonamides is 1. The van der Waals surface area contributed by atoms with Crippen LogP contribution in [-0.2, 0) is 14.8 Å². The number of anilines is 2. The highest BCUT2D eigenvalue weighted by Crippen LogP contribution is 2.25. The van der Waals surface area contributed by atoms with E-state index in [1.165, 1.54) is 10.4 Å². The molecule has 3 aromatic rings. The van der Waals surface area contributed by atoms with E-state index in [4.69, 9.17) is 23.2 Å². The van der Waals surface area contributed by atoms with Crippen LogP contribution in [0, 0.1) is 0 Å². The lowest BCUT2D eigenvalue weighted by Gasteiger charge is -2.22. The molecule has 0 aliphatic carbocycles. The van der Waals surface area contributed by atoms with E-state index in [-0.39, 0.29) is 36.6 Å². The van der Waals surface area contributed by atoms with Gasteiger partial charge in [0, 0.05) is 34.1 Å². The predicted octanol–water partition coefficient (Wildman–Crippen LogP) is 5.41. The molecule has 1 N–H and O–H groups in total. The quantitative estimate of drug-likeness (QED) is 0.395. The molecule has 1 amide bonds. The van der Waals surface area contributed by atoms with Crippen molar-refractivity contribution >= 4 is 56.3 Å². The van der Waals surface area contributed by atoms with Gasteiger partial charge in [-0.3, -0.25) is 13.9 Å². The molecule has 33 heavy (non-hydrogen) atoms. The van der Waals surface area contributed by atoms with Gasteiger partial charge in [0.25, 0.3) is 0 Å². The van der Waals surface area contributed by atoms with Gasteiger partial charge in [0.2, 0.25) is 15.9 Å². The Hall–Kier alpha value is -2.87. The number of benzene rings is 3. The molecule has 0 heterocycles. The molecule has 0 saturated heterocycles. The summed E-state index contributed by atoms with van der Waals surface area (Å²) in [5.41, 5.74) is 1.56. The van der Waals surface area contributed by atoms with Crippen LogP contribution < -0.4 is 9.62 Å². The number of ketones is 1. The standard InChI is InChI=1S/C24H22Cl2N2O4S/c1-33(31,32)28(20-12-9-18(25)10-13-20)15-5-8-23(29)27-22-14-11-19(26)16-21(22)24(30)17-6-3-2-4-7-17/h2-4,6-7,9-14,16H,5,8,15H2,1H3,(H,27,29). The lowest BCUT2D eigenvalue weighted by atomic mass is 10.0. The Bertz CT molecular complexity index is 1250. The fourth-order valence-corrected chi connectivity index (χ4v) is 4.51. The molecule has 172 valence electrons. The zero-order valence-electron chi connectivity index (χ0n) is 17.8. The maximum absolute atomic E-state index is 12.9. The first-order valence-electron chi connectivity index (χ1n) is 10.1. The second-order valence-corrected chi connectivity index (χ2v) is 10.1. The van der Waals surface area contributed by atoms with Gasteiger partial charge in [0.1, 0.15) is 0 Å². The number of nitrogens with one attached hydrogen (secondary N) is 1. The van der Waals surface area contributed by atoms with E-state index in [0.717, 1.165) is 6.26 Å². The third-order valence-corrected chi connectivity index (χ3v) is 6.50. The first-order chi connectivity index (χ1) is 15.6. The van der Waals surface area contributed by atoms with Crippen LogP contribution in [0.2, 0.25) is 10.0 Å². The fraction of sp³-hybridized carbons (Fsp3) is 0.167. The number of halogens is 2. The number of carbonyl (C=O) groups excluding carboxylic acids is 2. The summed E-state index contributed by atoms with van der Waals surface area (Å²) in [7, 11) is -3.54. The van der Waals surface area contributed by atoms with Gasteiger partial charge in [-0.15, -0.1) is 0 Å². The summed E-state index contributed by atoms with van der Waals surface area (Å²) in [6.07, 6.45) is 1.44. The van der Waals surface area contributed by atoms with E-state index in [0.29, 0.717) is 27.0 Å². The van der Waals surface area contributed by atoms with Crippen molar-refractivity contribution in [3.63, 3.8) is 0 Å². The number of carbonyl (C=O) groups is 2. The summed E-state index contributed by atoms with van der Waals surface area (Å²) < 4.78 is 25.6. The monoisotopic (exact) mass is 504 g/mol. The molecule has 0 spiro atoms. The van der Waals surface area contributed by atoms with Gasteiger partial charge < -0.3 is 5.32 Å². The van der Waals surface area contributed by atoms with Crippen LogP contribution in [0.25, 0.3) is 0 Å². The predicted molar refractivity (Wildman–Crippen MR) is 133 cm³/mol. The Kier molecular flexibility index (Phi) is 8.13. The molecule has 0 bridgehead atoms. The van der Waals surface area contributed by atoms with Gasteiger partial charge in [-0.1, -0.05) is 53.5 Å². The van der Waals surface area contributed by atoms with Crippen molar-refractivity contribution in [1.29, 1.82) is 0 Å². The Labute approximate surface area is 203 Å². The van der Waals surface area contributed by atoms with Crippen LogP contribution in [0.1, 0.15) is 28.8 Å². The van der Waals surface area contributed by atoms with Gasteiger partial charge in [-0.25, -0.2) is 8.42 Å². The normalized spacial score (nSPS) is 11.1. The third-order valence-electron chi connectivity index (χ3n) is 4.82. The summed E-state index contributed by atoms with van der Waals surface area (Å²) in [6, 6.07) is 19.8. The number of rotatable bonds is 9. The molecule has 0 unspecified atom stereocenters. The Morgan fingerprint density at radius 2 is 1.55 bits per heavy atom. The number of nitrogens with zero attached hydrogens (tertiary/aromatic N) is 1. The molecule has 3 aromatic carbocycles. The lowest BCUT2D eigenvalue weighted by molar-refractivity contribution is -0.116. The highest BCUT2D eigenvalue weighted by atomic mass is 35.5. The molecular weight excluding hydrogens is 483 g/mol. The lowest BCUT2D eigenvalue weighted by Crippen LogP contribution is -2.31. The van der Waals surface area contributed by atoms with E-state index in [1.54, 1.807) is 66.7 Å². The molecular formula is C24H22Cl2N2O4S. The zero-order chi connectivity index (χ0) is 24.0. The summed E-state index contributed by atoms with van der Waals surface area (Å²) in [6.45, 7) is 0.115. The highest BCUT2D eigenvalue weighted by molar-refractivity contribution is 7.92. The number of amides is 1. The number of hydrogen-bond donors (Lipinski definition) is 1. The molecule has 3 rings (SSSR count). The average molecular weight is 505 g/mol. The SMILES string of the molecule is CS(=O)(=O)N(CCCC(=O)Nc1ccc(Cl)cc1C(=O)c1ccccc1)c1ccc(Cl)cc1. The van der Waals surface area contributed by atoms with Gasteiger partial charge in [0.15, 0.2) is 5.78 Å². The highest BCUT2D eigenvalue weighted by Gasteiger charge is 2.19. The van der Waals surface area contributed by atoms with Crippen molar-refractivity contribution in [1.82, 2.24) is 0 Å². The topological polar surface area (TPSA) is 83.6 Å². The van der Waals surface area contributed by atoms with Gasteiger partial charge in [0.05, 0.1) is 17.6 Å². The summed E-state index contributed by atoms with van der Waals surface area (Å²) >= 11 is 12.0. The Morgan fingerprint density at radius 1 is 0.909 bits per heavy atom. The second kappa shape index (κ2) is 10.8. The minimum atomic E-state index is -3.54. The van der Waals surface area contributed by atoms with Crippen molar-refractivity contribution in [2.75, 3.05) is 22.4 Å². The summed E-state index contributed by atoms with van der Waals surface area (Å²) in [5, 5.41) is 3.61. The van der Waals surface area contributed by atoms with Crippen LogP contribution in [0.4, 0.5) is 11.4 Å². The molecule has 0 saturated carbocycles. The van der Waals surface area contributed by atoms with Crippen molar-refractivity contribution in [2.45, 2.75) is 12.8 Å². The van der Waals surface area contributed by atoms with Crippen molar-refractivity contribution in [2.24, 2.45) is 0 Å². The van der Waals surface area contributed by atoms with Crippen molar-refractivity contribution < 1.29 is 18.0 Å². The van der Waals surface area contributed by atoms with Gasteiger partial charge in [-0.05, 0) is 48.9 Å². The fourth-order valence-electron chi connectivity index (χ4n) is 3.25. The van der Waals surface area contributed by atoms with E-state index >= 15 is 0 Å². The van der Waals surface area contributed by atoms with Crippen LogP contribution >= 0.6 is 23.2 Å². The van der Waals surface area contributed by atoms with E-state index < -0.39 is 10.0 Å². The maximum atomic E-state index is 12.9. The largest absolute Gasteiger partial charge is 0.325 e. The van der Waals surface area contributed by atoms with Crippen molar-refractivity contribution in [3.05, 3.63) is 94.0 Å². The van der Waals surface area contributed by atoms with Crippen LogP contribution in [0.5, 0.6) is 0 Å². The molecule has 0 aliphatic rings. The Morgan fingerprint density at radius 3 is 2.18 bits per heavy atom. The Balaban J connectivity index is 1.68. The van der Waals surface area contributed by atoms with Gasteiger partial charge in [-0.2, -0.15) is 0 Å². The van der Waals surface area contributed by atoms with E-state index in [2.05, 4.69) is 5.32 Å². The first-order valence-corrected chi connectivity index (χ1v) is 12.7. The molecule has 6 nitrogen and oxygen atoms in total. The smallest absolute Gasteiger partial charge is 0.232 e. The van der Waals surface area contributed by atoms with E-state index in [1.807, 2.05) is 0 Å². The van der Waals surface area contributed by atoms with Crippen molar-refractivity contribution in [3.8, 4) is 0 Å². The maximum Gasteiger partial charge on any atom is 0.232 e. The molecule has 0 fully saturated rings. The third kappa shape index (κ3) is 6.81. The molecule has 0 atom stereocenters. The van der Waals surface area contributed by atoms with Gasteiger partial charge >= 0.3 is 0 Å². The molecule has 0 aliphatic heterocycles. The first kappa shape index (κ1) is 24.8.